The van der Waals surface area contributed by atoms with Crippen molar-refractivity contribution < 1.29 is 0 Å². The molecule has 0 saturated carbocycles. The van der Waals surface area contributed by atoms with Gasteiger partial charge < -0.3 is 15.0 Å². The van der Waals surface area contributed by atoms with Gasteiger partial charge in [-0.15, -0.1) is 0 Å². The Morgan fingerprint density at radius 1 is 1.19 bits per heavy atom. The van der Waals surface area contributed by atoms with Crippen LogP contribution in [0.5, 0.6) is 0 Å². The SMILES string of the molecule is CCN(c1cccc(C)c1)c1nc2ccccn2c1CN. The van der Waals surface area contributed by atoms with E-state index in [1.54, 1.807) is 0 Å². The monoisotopic (exact) mass is 280 g/mol. The normalized spacial score (nSPS) is 11.0. The maximum absolute atomic E-state index is 5.97. The summed E-state index contributed by atoms with van der Waals surface area (Å²) in [4.78, 5) is 6.98. The van der Waals surface area contributed by atoms with Crippen LogP contribution in [-0.4, -0.2) is 15.9 Å². The van der Waals surface area contributed by atoms with E-state index in [2.05, 4.69) is 47.4 Å². The smallest absolute Gasteiger partial charge is 0.156 e. The van der Waals surface area contributed by atoms with Gasteiger partial charge in [0.2, 0.25) is 0 Å². The van der Waals surface area contributed by atoms with Crippen LogP contribution in [0.15, 0.2) is 48.7 Å². The Bertz CT molecular complexity index is 760. The minimum atomic E-state index is 0.461. The van der Waals surface area contributed by atoms with Crippen LogP contribution >= 0.6 is 0 Å². The maximum atomic E-state index is 5.97. The average Bonchev–Trinajstić information content (AvgIpc) is 2.86. The van der Waals surface area contributed by atoms with E-state index >= 15 is 0 Å². The minimum absolute atomic E-state index is 0.461. The van der Waals surface area contributed by atoms with E-state index in [-0.39, 0.29) is 0 Å². The molecule has 0 bridgehead atoms. The van der Waals surface area contributed by atoms with Gasteiger partial charge in [0.25, 0.3) is 0 Å². The average molecular weight is 280 g/mol. The Balaban J connectivity index is 2.17. The first kappa shape index (κ1) is 13.6. The lowest BCUT2D eigenvalue weighted by molar-refractivity contribution is 0.925. The van der Waals surface area contributed by atoms with E-state index in [1.165, 1.54) is 5.56 Å². The van der Waals surface area contributed by atoms with Crippen LogP contribution in [0.3, 0.4) is 0 Å². The lowest BCUT2D eigenvalue weighted by atomic mass is 10.2. The number of benzene rings is 1. The van der Waals surface area contributed by atoms with Gasteiger partial charge in [0, 0.05) is 25.0 Å². The Hall–Kier alpha value is -2.33. The Labute approximate surface area is 124 Å². The van der Waals surface area contributed by atoms with Crippen molar-refractivity contribution in [2.75, 3.05) is 11.4 Å². The third kappa shape index (κ3) is 2.38. The van der Waals surface area contributed by atoms with E-state index in [1.807, 2.05) is 24.4 Å². The number of pyridine rings is 1. The summed E-state index contributed by atoms with van der Waals surface area (Å²) in [6.45, 7) is 5.54. The molecule has 1 aromatic carbocycles. The molecule has 108 valence electrons. The summed E-state index contributed by atoms with van der Waals surface area (Å²) in [6.07, 6.45) is 2.01. The highest BCUT2D eigenvalue weighted by atomic mass is 15.2. The molecule has 4 nitrogen and oxygen atoms in total. The zero-order chi connectivity index (χ0) is 14.8. The van der Waals surface area contributed by atoms with Gasteiger partial charge in [-0.05, 0) is 43.7 Å². The second-order valence-electron chi connectivity index (χ2n) is 5.10. The molecule has 0 aliphatic rings. The summed E-state index contributed by atoms with van der Waals surface area (Å²) in [5, 5.41) is 0. The topological polar surface area (TPSA) is 46.6 Å². The standard InChI is InChI=1S/C17H20N4/c1-3-20(14-8-6-7-13(2)11-14)17-15(12-18)21-10-5-4-9-16(21)19-17/h4-11H,3,12,18H2,1-2H3. The predicted octanol–water partition coefficient (Wildman–Crippen LogP) is 3.26. The number of aromatic nitrogens is 2. The molecule has 0 atom stereocenters. The number of hydrogen-bond acceptors (Lipinski definition) is 3. The number of nitrogens with two attached hydrogens (primary N) is 1. The fourth-order valence-electron chi connectivity index (χ4n) is 2.69. The first-order valence-corrected chi connectivity index (χ1v) is 7.25. The summed E-state index contributed by atoms with van der Waals surface area (Å²) in [5.74, 6) is 0.941. The number of nitrogens with zero attached hydrogens (tertiary/aromatic N) is 3. The highest BCUT2D eigenvalue weighted by Crippen LogP contribution is 2.29. The van der Waals surface area contributed by atoms with Crippen LogP contribution in [0, 0.1) is 6.92 Å². The van der Waals surface area contributed by atoms with Crippen molar-refractivity contribution in [3.63, 3.8) is 0 Å². The largest absolute Gasteiger partial charge is 0.325 e. The molecule has 0 amide bonds. The van der Waals surface area contributed by atoms with Crippen molar-refractivity contribution >= 4 is 17.2 Å². The molecule has 3 aromatic rings. The highest BCUT2D eigenvalue weighted by Gasteiger charge is 2.17. The zero-order valence-corrected chi connectivity index (χ0v) is 12.5. The van der Waals surface area contributed by atoms with Crippen molar-refractivity contribution in [2.24, 2.45) is 5.73 Å². The van der Waals surface area contributed by atoms with Crippen molar-refractivity contribution in [2.45, 2.75) is 20.4 Å². The number of anilines is 2. The molecular formula is C17H20N4. The molecule has 0 spiro atoms. The van der Waals surface area contributed by atoms with Gasteiger partial charge in [0.15, 0.2) is 5.82 Å². The minimum Gasteiger partial charge on any atom is -0.325 e. The lowest BCUT2D eigenvalue weighted by Gasteiger charge is -2.22. The molecule has 2 aromatic heterocycles. The Morgan fingerprint density at radius 2 is 2.05 bits per heavy atom. The molecule has 0 radical (unpaired) electrons. The first-order valence-electron chi connectivity index (χ1n) is 7.25. The van der Waals surface area contributed by atoms with Crippen molar-refractivity contribution in [3.8, 4) is 0 Å². The molecule has 0 aliphatic heterocycles. The van der Waals surface area contributed by atoms with E-state index in [4.69, 9.17) is 10.7 Å². The molecule has 0 aliphatic carbocycles. The van der Waals surface area contributed by atoms with Crippen molar-refractivity contribution in [1.82, 2.24) is 9.38 Å². The van der Waals surface area contributed by atoms with Crippen LogP contribution in [-0.2, 0) is 6.54 Å². The summed E-state index contributed by atoms with van der Waals surface area (Å²) in [5.41, 5.74) is 10.3. The molecule has 3 rings (SSSR count). The molecule has 2 N–H and O–H groups in total. The number of hydrogen-bond donors (Lipinski definition) is 1. The summed E-state index contributed by atoms with van der Waals surface area (Å²) in [7, 11) is 0. The Morgan fingerprint density at radius 3 is 2.76 bits per heavy atom. The van der Waals surface area contributed by atoms with Gasteiger partial charge in [-0.25, -0.2) is 4.98 Å². The number of fused-ring (bicyclic) bond motifs is 1. The van der Waals surface area contributed by atoms with Gasteiger partial charge in [0.05, 0.1) is 5.69 Å². The maximum Gasteiger partial charge on any atom is 0.156 e. The van der Waals surface area contributed by atoms with Gasteiger partial charge in [0.1, 0.15) is 5.65 Å². The van der Waals surface area contributed by atoms with Gasteiger partial charge in [-0.3, -0.25) is 0 Å². The summed E-state index contributed by atoms with van der Waals surface area (Å²) >= 11 is 0. The van der Waals surface area contributed by atoms with Crippen LogP contribution in [0.2, 0.25) is 0 Å². The summed E-state index contributed by atoms with van der Waals surface area (Å²) < 4.78 is 2.06. The van der Waals surface area contributed by atoms with Crippen LogP contribution in [0.25, 0.3) is 5.65 Å². The molecular weight excluding hydrogens is 260 g/mol. The third-order valence-corrected chi connectivity index (χ3v) is 3.69. The number of rotatable bonds is 4. The third-order valence-electron chi connectivity index (χ3n) is 3.69. The lowest BCUT2D eigenvalue weighted by Crippen LogP contribution is -2.19. The van der Waals surface area contributed by atoms with Crippen LogP contribution in [0.4, 0.5) is 11.5 Å². The fraction of sp³-hybridized carbons (Fsp3) is 0.235. The molecule has 0 unspecified atom stereocenters. The first-order chi connectivity index (χ1) is 10.2. The van der Waals surface area contributed by atoms with Crippen LogP contribution < -0.4 is 10.6 Å². The quantitative estimate of drug-likeness (QED) is 0.798. The van der Waals surface area contributed by atoms with Gasteiger partial charge >= 0.3 is 0 Å². The Kier molecular flexibility index (Phi) is 3.62. The van der Waals surface area contributed by atoms with Crippen molar-refractivity contribution in [3.05, 3.63) is 59.9 Å². The van der Waals surface area contributed by atoms with E-state index < -0.39 is 0 Å². The van der Waals surface area contributed by atoms with E-state index in [0.717, 1.165) is 29.4 Å². The number of aryl methyl sites for hydroxylation is 1. The van der Waals surface area contributed by atoms with E-state index in [9.17, 15) is 0 Å². The second-order valence-corrected chi connectivity index (χ2v) is 5.10. The summed E-state index contributed by atoms with van der Waals surface area (Å²) in [6, 6.07) is 14.5. The van der Waals surface area contributed by atoms with Gasteiger partial charge in [-0.1, -0.05) is 18.2 Å². The van der Waals surface area contributed by atoms with Gasteiger partial charge in [-0.2, -0.15) is 0 Å². The molecule has 21 heavy (non-hydrogen) atoms. The fourth-order valence-corrected chi connectivity index (χ4v) is 2.69. The van der Waals surface area contributed by atoms with Crippen LogP contribution in [0.1, 0.15) is 18.2 Å². The number of imidazole rings is 1. The molecule has 0 saturated heterocycles. The molecule has 2 heterocycles. The predicted molar refractivity (Wildman–Crippen MR) is 86.9 cm³/mol. The van der Waals surface area contributed by atoms with Crippen molar-refractivity contribution in [1.29, 1.82) is 0 Å². The zero-order valence-electron chi connectivity index (χ0n) is 12.5. The second kappa shape index (κ2) is 5.58. The van der Waals surface area contributed by atoms with E-state index in [0.29, 0.717) is 6.54 Å². The molecule has 0 fully saturated rings. The molecule has 4 heteroatoms. The highest BCUT2D eigenvalue weighted by molar-refractivity contribution is 5.66.